The Balaban J connectivity index is 4.73. The molecule has 1 amide bonds. The van der Waals surface area contributed by atoms with E-state index in [1.807, 2.05) is 0 Å². The molecule has 0 rings (SSSR count). The number of hydrogen-bond donors (Lipinski definition) is 1. The molecule has 0 saturated carbocycles. The zero-order valence-corrected chi connectivity index (χ0v) is 10.3. The fraction of sp³-hybridized carbons (Fsp3) is 0.900. The van der Waals surface area contributed by atoms with Crippen LogP contribution in [0.3, 0.4) is 0 Å². The number of amides is 1. The monoisotopic (exact) mass is 257 g/mol. The van der Waals surface area contributed by atoms with E-state index in [9.17, 15) is 18.0 Å². The van der Waals surface area contributed by atoms with Crippen LogP contribution in [0.2, 0.25) is 0 Å². The Bertz CT molecular complexity index is 256. The fourth-order valence-electron chi connectivity index (χ4n) is 1.13. The normalized spacial score (nSPS) is 15.6. The summed E-state index contributed by atoms with van der Waals surface area (Å²) in [7, 11) is 1.01. The Hall–Kier alpha value is -0.980. The minimum atomic E-state index is -3.10. The number of halogens is 3. The van der Waals surface area contributed by atoms with E-state index in [0.29, 0.717) is 4.90 Å². The van der Waals surface area contributed by atoms with Crippen molar-refractivity contribution in [2.45, 2.75) is 45.0 Å². The molecule has 0 aliphatic carbocycles. The number of hydrogen-bond acceptors (Lipinski definition) is 3. The molecular formula is C10H18F3NO3. The molecule has 7 heteroatoms. The molecule has 4 nitrogen and oxygen atoms in total. The second kappa shape index (κ2) is 6.09. The maximum absolute atomic E-state index is 13.1. The lowest BCUT2D eigenvalue weighted by Crippen LogP contribution is -2.50. The van der Waals surface area contributed by atoms with Crippen molar-refractivity contribution in [3.8, 4) is 0 Å². The maximum atomic E-state index is 13.1. The third-order valence-corrected chi connectivity index (χ3v) is 1.93. The van der Waals surface area contributed by atoms with Crippen LogP contribution in [-0.4, -0.2) is 54.0 Å². The number of carbonyl (C=O) groups excluding carboxylic acids is 1. The van der Waals surface area contributed by atoms with E-state index < -0.39 is 36.9 Å². The van der Waals surface area contributed by atoms with Crippen molar-refractivity contribution < 1.29 is 27.8 Å². The Morgan fingerprint density at radius 1 is 1.35 bits per heavy atom. The lowest BCUT2D eigenvalue weighted by atomic mass is 10.1. The molecule has 102 valence electrons. The molecular weight excluding hydrogens is 239 g/mol. The van der Waals surface area contributed by atoms with E-state index in [1.165, 1.54) is 0 Å². The molecule has 2 unspecified atom stereocenters. The van der Waals surface area contributed by atoms with Gasteiger partial charge in [0.15, 0.2) is 0 Å². The number of nitrogens with zero attached hydrogens (tertiary/aromatic N) is 1. The van der Waals surface area contributed by atoms with Crippen LogP contribution in [0.25, 0.3) is 0 Å². The molecule has 0 saturated heterocycles. The third kappa shape index (κ3) is 5.25. The highest BCUT2D eigenvalue weighted by atomic mass is 19.3. The summed E-state index contributed by atoms with van der Waals surface area (Å²) in [4.78, 5) is 11.9. The van der Waals surface area contributed by atoms with Crippen LogP contribution in [0.15, 0.2) is 0 Å². The summed E-state index contributed by atoms with van der Waals surface area (Å²) in [6.07, 6.45) is -6.37. The lowest BCUT2D eigenvalue weighted by molar-refractivity contribution is -0.0381. The standard InChI is InChI=1S/C10H18F3NO3/c1-10(2,3)17-9(16)14(4)7(8(12)13)6(11)5-15/h6-8,15H,5H2,1-4H3. The van der Waals surface area contributed by atoms with Crippen molar-refractivity contribution in [1.82, 2.24) is 4.90 Å². The first-order valence-corrected chi connectivity index (χ1v) is 5.09. The Morgan fingerprint density at radius 2 is 1.82 bits per heavy atom. The minimum Gasteiger partial charge on any atom is -0.444 e. The predicted molar refractivity (Wildman–Crippen MR) is 55.8 cm³/mol. The van der Waals surface area contributed by atoms with Gasteiger partial charge in [0.25, 0.3) is 6.43 Å². The van der Waals surface area contributed by atoms with Crippen molar-refractivity contribution in [1.29, 1.82) is 0 Å². The van der Waals surface area contributed by atoms with E-state index in [0.717, 1.165) is 7.05 Å². The molecule has 0 aromatic carbocycles. The quantitative estimate of drug-likeness (QED) is 0.835. The topological polar surface area (TPSA) is 49.8 Å². The van der Waals surface area contributed by atoms with E-state index in [1.54, 1.807) is 20.8 Å². The van der Waals surface area contributed by atoms with Crippen LogP contribution in [-0.2, 0) is 4.74 Å². The van der Waals surface area contributed by atoms with Crippen LogP contribution in [0.1, 0.15) is 20.8 Å². The number of aliphatic hydroxyl groups excluding tert-OH is 1. The number of aliphatic hydroxyl groups is 1. The molecule has 0 aliphatic heterocycles. The van der Waals surface area contributed by atoms with Crippen LogP contribution >= 0.6 is 0 Å². The number of carbonyl (C=O) groups is 1. The largest absolute Gasteiger partial charge is 0.444 e. The minimum absolute atomic E-state index is 0.469. The fourth-order valence-corrected chi connectivity index (χ4v) is 1.13. The highest BCUT2D eigenvalue weighted by molar-refractivity contribution is 5.68. The van der Waals surface area contributed by atoms with E-state index in [2.05, 4.69) is 0 Å². The first-order valence-electron chi connectivity index (χ1n) is 5.09. The van der Waals surface area contributed by atoms with Gasteiger partial charge in [0.05, 0.1) is 6.61 Å². The zero-order valence-electron chi connectivity index (χ0n) is 10.3. The Kier molecular flexibility index (Phi) is 5.74. The van der Waals surface area contributed by atoms with Crippen LogP contribution in [0, 0.1) is 0 Å². The smallest absolute Gasteiger partial charge is 0.410 e. The van der Waals surface area contributed by atoms with Crippen molar-refractivity contribution in [2.75, 3.05) is 13.7 Å². The molecule has 0 aliphatic rings. The second-order valence-electron chi connectivity index (χ2n) is 4.61. The summed E-state index contributed by atoms with van der Waals surface area (Å²) >= 11 is 0. The summed E-state index contributed by atoms with van der Waals surface area (Å²) in [6.45, 7) is 3.61. The van der Waals surface area contributed by atoms with Crippen molar-refractivity contribution >= 4 is 6.09 Å². The van der Waals surface area contributed by atoms with Gasteiger partial charge in [-0.15, -0.1) is 0 Å². The van der Waals surface area contributed by atoms with Gasteiger partial charge in [0.2, 0.25) is 0 Å². The molecule has 2 atom stereocenters. The van der Waals surface area contributed by atoms with Crippen LogP contribution in [0.5, 0.6) is 0 Å². The summed E-state index contributed by atoms with van der Waals surface area (Å²) in [6, 6.07) is -2.02. The van der Waals surface area contributed by atoms with Gasteiger partial charge >= 0.3 is 6.09 Å². The number of ether oxygens (including phenoxy) is 1. The molecule has 0 fully saturated rings. The van der Waals surface area contributed by atoms with Gasteiger partial charge in [-0.05, 0) is 20.8 Å². The van der Waals surface area contributed by atoms with Crippen LogP contribution in [0.4, 0.5) is 18.0 Å². The maximum Gasteiger partial charge on any atom is 0.410 e. The SMILES string of the molecule is CN(C(=O)OC(C)(C)C)C(C(F)F)C(F)CO. The average molecular weight is 257 g/mol. The van der Waals surface area contributed by atoms with Crippen molar-refractivity contribution in [3.05, 3.63) is 0 Å². The molecule has 1 N–H and O–H groups in total. The van der Waals surface area contributed by atoms with Gasteiger partial charge in [-0.25, -0.2) is 18.0 Å². The van der Waals surface area contributed by atoms with Gasteiger partial charge in [-0.2, -0.15) is 0 Å². The van der Waals surface area contributed by atoms with Crippen molar-refractivity contribution in [3.63, 3.8) is 0 Å². The van der Waals surface area contributed by atoms with Crippen LogP contribution < -0.4 is 0 Å². The third-order valence-electron chi connectivity index (χ3n) is 1.93. The highest BCUT2D eigenvalue weighted by Gasteiger charge is 2.37. The first-order chi connectivity index (χ1) is 7.60. The van der Waals surface area contributed by atoms with E-state index in [-0.39, 0.29) is 0 Å². The molecule has 0 radical (unpaired) electrons. The summed E-state index contributed by atoms with van der Waals surface area (Å²) in [5.74, 6) is 0. The molecule has 0 aromatic rings. The zero-order chi connectivity index (χ0) is 13.8. The van der Waals surface area contributed by atoms with Gasteiger partial charge in [0.1, 0.15) is 17.8 Å². The van der Waals surface area contributed by atoms with Gasteiger partial charge in [-0.1, -0.05) is 0 Å². The molecule has 0 heterocycles. The van der Waals surface area contributed by atoms with E-state index in [4.69, 9.17) is 9.84 Å². The van der Waals surface area contributed by atoms with Gasteiger partial charge < -0.3 is 9.84 Å². The first kappa shape index (κ1) is 16.0. The number of rotatable bonds is 4. The Morgan fingerprint density at radius 3 is 2.12 bits per heavy atom. The molecule has 17 heavy (non-hydrogen) atoms. The average Bonchev–Trinajstić information content (AvgIpc) is 2.14. The molecule has 0 bridgehead atoms. The predicted octanol–water partition coefficient (Wildman–Crippen LogP) is 1.82. The summed E-state index contributed by atoms with van der Waals surface area (Å²) in [5.41, 5.74) is -0.858. The second-order valence-corrected chi connectivity index (χ2v) is 4.61. The van der Waals surface area contributed by atoms with E-state index >= 15 is 0 Å². The van der Waals surface area contributed by atoms with Crippen molar-refractivity contribution in [2.24, 2.45) is 0 Å². The Labute approximate surface area is 98.3 Å². The molecule has 0 aromatic heterocycles. The lowest BCUT2D eigenvalue weighted by Gasteiger charge is -2.31. The summed E-state index contributed by atoms with van der Waals surface area (Å²) in [5, 5.41) is 8.53. The van der Waals surface area contributed by atoms with Gasteiger partial charge in [-0.3, -0.25) is 4.90 Å². The van der Waals surface area contributed by atoms with Gasteiger partial charge in [0, 0.05) is 7.05 Å². The molecule has 0 spiro atoms. The summed E-state index contributed by atoms with van der Waals surface area (Å²) < 4.78 is 43.1. The number of alkyl halides is 3. The highest BCUT2D eigenvalue weighted by Crippen LogP contribution is 2.18.